The summed E-state index contributed by atoms with van der Waals surface area (Å²) in [6.45, 7) is 6.36. The van der Waals surface area contributed by atoms with Crippen LogP contribution in [0, 0.1) is 5.41 Å². The Kier molecular flexibility index (Phi) is 4.95. The Morgan fingerprint density at radius 2 is 1.84 bits per heavy atom. The van der Waals surface area contributed by atoms with Crippen LogP contribution in [0.15, 0.2) is 24.3 Å². The van der Waals surface area contributed by atoms with Crippen molar-refractivity contribution in [2.24, 2.45) is 11.1 Å². The number of nitrogens with zero attached hydrogens (tertiary/aromatic N) is 1. The van der Waals surface area contributed by atoms with Crippen molar-refractivity contribution >= 4 is 11.6 Å². The van der Waals surface area contributed by atoms with E-state index in [9.17, 15) is 4.79 Å². The van der Waals surface area contributed by atoms with Gasteiger partial charge >= 0.3 is 0 Å². The number of primary amides is 1. The van der Waals surface area contributed by atoms with Crippen LogP contribution in [-0.2, 0) is 4.79 Å². The molecule has 106 valence electrons. The molecule has 0 saturated carbocycles. The molecular formula is C15H25N3O. The normalized spacial score (nSPS) is 13.1. The van der Waals surface area contributed by atoms with Crippen molar-refractivity contribution in [2.75, 3.05) is 25.5 Å². The molecule has 0 aliphatic heterocycles. The smallest absolute Gasteiger partial charge is 0.224 e. The molecule has 0 aromatic heterocycles. The van der Waals surface area contributed by atoms with Gasteiger partial charge in [-0.1, -0.05) is 12.1 Å². The van der Waals surface area contributed by atoms with E-state index in [0.717, 1.165) is 0 Å². The van der Waals surface area contributed by atoms with Gasteiger partial charge in [0.1, 0.15) is 0 Å². The number of hydrogen-bond donors (Lipinski definition) is 2. The van der Waals surface area contributed by atoms with Gasteiger partial charge in [-0.3, -0.25) is 4.79 Å². The predicted molar refractivity (Wildman–Crippen MR) is 80.2 cm³/mol. The van der Waals surface area contributed by atoms with Crippen molar-refractivity contribution in [2.45, 2.75) is 26.8 Å². The van der Waals surface area contributed by atoms with Crippen LogP contribution in [0.5, 0.6) is 0 Å². The van der Waals surface area contributed by atoms with Gasteiger partial charge in [0, 0.05) is 32.4 Å². The third-order valence-corrected chi connectivity index (χ3v) is 3.43. The van der Waals surface area contributed by atoms with Crippen molar-refractivity contribution in [1.82, 2.24) is 5.32 Å². The summed E-state index contributed by atoms with van der Waals surface area (Å²) in [5.74, 6) is -0.282. The molecule has 0 heterocycles. The molecule has 1 atom stereocenters. The first kappa shape index (κ1) is 15.5. The number of anilines is 1. The SMILES string of the molecule is CC(NCC(C)(C)C(N)=O)c1ccc(N(C)C)cc1. The summed E-state index contributed by atoms with van der Waals surface area (Å²) in [4.78, 5) is 13.3. The first-order chi connectivity index (χ1) is 8.74. The van der Waals surface area contributed by atoms with E-state index in [1.165, 1.54) is 11.3 Å². The maximum absolute atomic E-state index is 11.3. The summed E-state index contributed by atoms with van der Waals surface area (Å²) >= 11 is 0. The summed E-state index contributed by atoms with van der Waals surface area (Å²) in [7, 11) is 4.04. The van der Waals surface area contributed by atoms with E-state index in [1.54, 1.807) is 0 Å². The van der Waals surface area contributed by atoms with Crippen LogP contribution in [0.2, 0.25) is 0 Å². The van der Waals surface area contributed by atoms with Gasteiger partial charge < -0.3 is 16.0 Å². The molecule has 0 bridgehead atoms. The largest absolute Gasteiger partial charge is 0.378 e. The molecular weight excluding hydrogens is 238 g/mol. The molecule has 1 aromatic carbocycles. The van der Waals surface area contributed by atoms with E-state index in [4.69, 9.17) is 5.73 Å². The fraction of sp³-hybridized carbons (Fsp3) is 0.533. The molecule has 4 nitrogen and oxygen atoms in total. The molecule has 1 amide bonds. The minimum atomic E-state index is -0.530. The predicted octanol–water partition coefficient (Wildman–Crippen LogP) is 1.91. The Labute approximate surface area is 116 Å². The van der Waals surface area contributed by atoms with E-state index in [-0.39, 0.29) is 11.9 Å². The molecule has 0 aliphatic carbocycles. The lowest BCUT2D eigenvalue weighted by Crippen LogP contribution is -2.41. The summed E-state index contributed by atoms with van der Waals surface area (Å²) in [5, 5.41) is 3.35. The van der Waals surface area contributed by atoms with E-state index in [0.29, 0.717) is 6.54 Å². The highest BCUT2D eigenvalue weighted by molar-refractivity contribution is 5.80. The molecule has 0 saturated heterocycles. The molecule has 1 rings (SSSR count). The Morgan fingerprint density at radius 3 is 2.26 bits per heavy atom. The molecule has 4 heteroatoms. The van der Waals surface area contributed by atoms with E-state index >= 15 is 0 Å². The lowest BCUT2D eigenvalue weighted by atomic mass is 9.92. The first-order valence-corrected chi connectivity index (χ1v) is 6.54. The molecule has 19 heavy (non-hydrogen) atoms. The number of hydrogen-bond acceptors (Lipinski definition) is 3. The number of rotatable bonds is 6. The average Bonchev–Trinajstić information content (AvgIpc) is 2.36. The van der Waals surface area contributed by atoms with Gasteiger partial charge in [-0.05, 0) is 38.5 Å². The molecule has 1 unspecified atom stereocenters. The van der Waals surface area contributed by atoms with Gasteiger partial charge in [-0.2, -0.15) is 0 Å². The molecule has 0 radical (unpaired) electrons. The minimum absolute atomic E-state index is 0.190. The maximum atomic E-state index is 11.3. The number of nitrogens with one attached hydrogen (secondary N) is 1. The van der Waals surface area contributed by atoms with Gasteiger partial charge in [0.2, 0.25) is 5.91 Å². The number of amides is 1. The molecule has 0 spiro atoms. The van der Waals surface area contributed by atoms with Crippen LogP contribution < -0.4 is 16.0 Å². The average molecular weight is 263 g/mol. The number of nitrogens with two attached hydrogens (primary N) is 1. The number of carbonyl (C=O) groups is 1. The minimum Gasteiger partial charge on any atom is -0.378 e. The second-order valence-corrected chi connectivity index (χ2v) is 5.84. The van der Waals surface area contributed by atoms with E-state index < -0.39 is 5.41 Å². The van der Waals surface area contributed by atoms with Crippen molar-refractivity contribution in [3.05, 3.63) is 29.8 Å². The highest BCUT2D eigenvalue weighted by Gasteiger charge is 2.25. The lowest BCUT2D eigenvalue weighted by Gasteiger charge is -2.24. The van der Waals surface area contributed by atoms with Crippen LogP contribution >= 0.6 is 0 Å². The highest BCUT2D eigenvalue weighted by atomic mass is 16.1. The van der Waals surface area contributed by atoms with E-state index in [2.05, 4.69) is 41.4 Å². The van der Waals surface area contributed by atoms with Gasteiger partial charge in [0.25, 0.3) is 0 Å². The third kappa shape index (κ3) is 4.24. The summed E-state index contributed by atoms with van der Waals surface area (Å²) in [5.41, 5.74) is 7.21. The molecule has 0 fully saturated rings. The van der Waals surface area contributed by atoms with Crippen LogP contribution in [-0.4, -0.2) is 26.5 Å². The van der Waals surface area contributed by atoms with Crippen molar-refractivity contribution in [1.29, 1.82) is 0 Å². The molecule has 3 N–H and O–H groups in total. The Morgan fingerprint density at radius 1 is 1.32 bits per heavy atom. The Hall–Kier alpha value is -1.55. The zero-order valence-corrected chi connectivity index (χ0v) is 12.5. The lowest BCUT2D eigenvalue weighted by molar-refractivity contribution is -0.125. The number of carbonyl (C=O) groups excluding carboxylic acids is 1. The van der Waals surface area contributed by atoms with Crippen LogP contribution in [0.1, 0.15) is 32.4 Å². The zero-order valence-electron chi connectivity index (χ0n) is 12.5. The summed E-state index contributed by atoms with van der Waals surface area (Å²) < 4.78 is 0. The second kappa shape index (κ2) is 6.06. The van der Waals surface area contributed by atoms with Crippen LogP contribution in [0.4, 0.5) is 5.69 Å². The third-order valence-electron chi connectivity index (χ3n) is 3.43. The summed E-state index contributed by atoms with van der Waals surface area (Å²) in [6, 6.07) is 8.57. The molecule has 0 aliphatic rings. The maximum Gasteiger partial charge on any atom is 0.224 e. The van der Waals surface area contributed by atoms with Gasteiger partial charge in [0.15, 0.2) is 0 Å². The van der Waals surface area contributed by atoms with Crippen LogP contribution in [0.25, 0.3) is 0 Å². The zero-order chi connectivity index (χ0) is 14.6. The quantitative estimate of drug-likeness (QED) is 0.824. The van der Waals surface area contributed by atoms with Crippen molar-refractivity contribution < 1.29 is 4.79 Å². The fourth-order valence-corrected chi connectivity index (χ4v) is 1.67. The van der Waals surface area contributed by atoms with Gasteiger partial charge in [-0.15, -0.1) is 0 Å². The molecule has 1 aromatic rings. The Bertz CT molecular complexity index is 424. The van der Waals surface area contributed by atoms with Crippen molar-refractivity contribution in [3.63, 3.8) is 0 Å². The van der Waals surface area contributed by atoms with E-state index in [1.807, 2.05) is 27.9 Å². The fourth-order valence-electron chi connectivity index (χ4n) is 1.67. The topological polar surface area (TPSA) is 58.4 Å². The van der Waals surface area contributed by atoms with Crippen LogP contribution in [0.3, 0.4) is 0 Å². The highest BCUT2D eigenvalue weighted by Crippen LogP contribution is 2.19. The summed E-state index contributed by atoms with van der Waals surface area (Å²) in [6.07, 6.45) is 0. The van der Waals surface area contributed by atoms with Crippen molar-refractivity contribution in [3.8, 4) is 0 Å². The number of benzene rings is 1. The Balaban J connectivity index is 2.63. The second-order valence-electron chi connectivity index (χ2n) is 5.84. The standard InChI is InChI=1S/C15H25N3O/c1-11(17-10-15(2,3)14(16)19)12-6-8-13(9-7-12)18(4)5/h6-9,11,17H,10H2,1-5H3,(H2,16,19). The first-order valence-electron chi connectivity index (χ1n) is 6.54. The van der Waals surface area contributed by atoms with Gasteiger partial charge in [-0.25, -0.2) is 0 Å². The van der Waals surface area contributed by atoms with Gasteiger partial charge in [0.05, 0.1) is 5.41 Å². The monoisotopic (exact) mass is 263 g/mol.